The van der Waals surface area contributed by atoms with Crippen molar-refractivity contribution in [3.8, 4) is 0 Å². The molecule has 0 atom stereocenters. The highest BCUT2D eigenvalue weighted by molar-refractivity contribution is 5.94. The number of rotatable bonds is 2. The molecule has 1 aromatic heterocycles. The number of hydrazine groups is 1. The molecule has 5 heteroatoms. The summed E-state index contributed by atoms with van der Waals surface area (Å²) in [4.78, 5) is 11.7. The number of hydrogen-bond donors (Lipinski definition) is 2. The van der Waals surface area contributed by atoms with Gasteiger partial charge in [-0.3, -0.25) is 14.9 Å². The molecule has 4 saturated carbocycles. The van der Waals surface area contributed by atoms with Crippen molar-refractivity contribution in [1.82, 2.24) is 15.2 Å². The maximum Gasteiger partial charge on any atom is 0.268 e. The van der Waals surface area contributed by atoms with E-state index in [9.17, 15) is 4.79 Å². The van der Waals surface area contributed by atoms with Crippen LogP contribution in [-0.4, -0.2) is 15.7 Å². The Morgan fingerprint density at radius 3 is 2.40 bits per heavy atom. The van der Waals surface area contributed by atoms with Crippen LogP contribution in [0.15, 0.2) is 6.20 Å². The van der Waals surface area contributed by atoms with Crippen molar-refractivity contribution in [3.05, 3.63) is 17.5 Å². The first kappa shape index (κ1) is 12.4. The van der Waals surface area contributed by atoms with Crippen LogP contribution < -0.4 is 11.3 Å². The van der Waals surface area contributed by atoms with E-state index in [1.807, 2.05) is 6.92 Å². The van der Waals surface area contributed by atoms with Gasteiger partial charge in [0.2, 0.25) is 0 Å². The zero-order chi connectivity index (χ0) is 13.9. The third kappa shape index (κ3) is 1.65. The van der Waals surface area contributed by atoms with E-state index in [1.165, 1.54) is 32.1 Å². The zero-order valence-electron chi connectivity index (χ0n) is 11.9. The van der Waals surface area contributed by atoms with E-state index >= 15 is 0 Å². The van der Waals surface area contributed by atoms with Crippen molar-refractivity contribution >= 4 is 5.91 Å². The highest BCUT2D eigenvalue weighted by Gasteiger charge is 2.49. The fourth-order valence-electron chi connectivity index (χ4n) is 5.32. The maximum atomic E-state index is 11.7. The van der Waals surface area contributed by atoms with Crippen molar-refractivity contribution in [2.45, 2.75) is 45.1 Å². The number of nitrogens with one attached hydrogen (secondary N) is 1. The van der Waals surface area contributed by atoms with Crippen LogP contribution in [0.25, 0.3) is 0 Å². The zero-order valence-corrected chi connectivity index (χ0v) is 11.9. The van der Waals surface area contributed by atoms with Crippen molar-refractivity contribution in [1.29, 1.82) is 0 Å². The lowest BCUT2D eigenvalue weighted by atomic mass is 9.54. The van der Waals surface area contributed by atoms with Crippen LogP contribution in [0.2, 0.25) is 0 Å². The summed E-state index contributed by atoms with van der Waals surface area (Å²) in [6, 6.07) is 0.502. The van der Waals surface area contributed by atoms with Gasteiger partial charge in [-0.2, -0.15) is 5.10 Å². The average molecular weight is 274 g/mol. The molecule has 20 heavy (non-hydrogen) atoms. The monoisotopic (exact) mass is 274 g/mol. The standard InChI is InChI=1S/C15H22N4O/c1-8-13(15(20)18-16)7-17-19(8)14-11-3-9-2-10(5-11)6-12(14)4-9/h7,9-12,14H,2-6,16H2,1H3,(H,18,20). The molecule has 5 rings (SSSR count). The minimum atomic E-state index is -0.238. The molecule has 4 aliphatic rings. The normalized spacial score (nSPS) is 38.2. The fourth-order valence-corrected chi connectivity index (χ4v) is 5.32. The molecule has 3 N–H and O–H groups in total. The van der Waals surface area contributed by atoms with Crippen molar-refractivity contribution in [3.63, 3.8) is 0 Å². The molecule has 4 fully saturated rings. The predicted octanol–water partition coefficient (Wildman–Crippen LogP) is 1.79. The smallest absolute Gasteiger partial charge is 0.268 e. The Balaban J connectivity index is 1.68. The van der Waals surface area contributed by atoms with Gasteiger partial charge in [-0.1, -0.05) is 0 Å². The van der Waals surface area contributed by atoms with Gasteiger partial charge in [-0.25, -0.2) is 5.84 Å². The summed E-state index contributed by atoms with van der Waals surface area (Å²) >= 11 is 0. The summed E-state index contributed by atoms with van der Waals surface area (Å²) in [6.07, 6.45) is 8.55. The number of carbonyl (C=O) groups is 1. The number of nitrogens with two attached hydrogens (primary N) is 1. The summed E-state index contributed by atoms with van der Waals surface area (Å²) in [5.74, 6) is 8.44. The molecule has 108 valence electrons. The van der Waals surface area contributed by atoms with Gasteiger partial charge >= 0.3 is 0 Å². The third-order valence-electron chi connectivity index (χ3n) is 5.88. The first-order chi connectivity index (χ1) is 9.67. The molecule has 1 amide bonds. The fraction of sp³-hybridized carbons (Fsp3) is 0.733. The molecular weight excluding hydrogens is 252 g/mol. The van der Waals surface area contributed by atoms with Crippen LogP contribution in [-0.2, 0) is 0 Å². The van der Waals surface area contributed by atoms with E-state index in [0.717, 1.165) is 29.4 Å². The Labute approximate surface area is 118 Å². The van der Waals surface area contributed by atoms with Gasteiger partial charge in [-0.15, -0.1) is 0 Å². The molecule has 0 radical (unpaired) electrons. The Morgan fingerprint density at radius 1 is 1.25 bits per heavy atom. The Morgan fingerprint density at radius 2 is 1.85 bits per heavy atom. The number of nitrogen functional groups attached to an aromatic ring is 1. The second kappa shape index (κ2) is 4.32. The molecule has 5 nitrogen and oxygen atoms in total. The van der Waals surface area contributed by atoms with Gasteiger partial charge < -0.3 is 0 Å². The van der Waals surface area contributed by atoms with Crippen molar-refractivity contribution in [2.75, 3.05) is 0 Å². The SMILES string of the molecule is Cc1c(C(=O)NN)cnn1C1C2CC3CC(C2)CC1C3. The van der Waals surface area contributed by atoms with E-state index in [4.69, 9.17) is 5.84 Å². The van der Waals surface area contributed by atoms with Gasteiger partial charge in [0.25, 0.3) is 5.91 Å². The highest BCUT2D eigenvalue weighted by atomic mass is 16.2. The second-order valence-corrected chi connectivity index (χ2v) is 6.98. The van der Waals surface area contributed by atoms with Gasteiger partial charge in [0, 0.05) is 5.69 Å². The van der Waals surface area contributed by atoms with Crippen LogP contribution in [0.1, 0.15) is 54.2 Å². The summed E-state index contributed by atoms with van der Waals surface area (Å²) in [5.41, 5.74) is 3.79. The maximum absolute atomic E-state index is 11.7. The number of nitrogens with zero attached hydrogens (tertiary/aromatic N) is 2. The van der Waals surface area contributed by atoms with Crippen LogP contribution in [0.5, 0.6) is 0 Å². The largest absolute Gasteiger partial charge is 0.290 e. The number of carbonyl (C=O) groups excluding carboxylic acids is 1. The number of hydrogen-bond acceptors (Lipinski definition) is 3. The predicted molar refractivity (Wildman–Crippen MR) is 74.7 cm³/mol. The molecular formula is C15H22N4O. The quantitative estimate of drug-likeness (QED) is 0.490. The van der Waals surface area contributed by atoms with E-state index in [2.05, 4.69) is 15.2 Å². The first-order valence-corrected chi connectivity index (χ1v) is 7.72. The molecule has 0 saturated heterocycles. The minimum Gasteiger partial charge on any atom is -0.290 e. The van der Waals surface area contributed by atoms with E-state index < -0.39 is 0 Å². The summed E-state index contributed by atoms with van der Waals surface area (Å²) in [5, 5.41) is 4.53. The lowest BCUT2D eigenvalue weighted by Crippen LogP contribution is -2.46. The Bertz CT molecular complexity index is 522. The topological polar surface area (TPSA) is 72.9 Å². The summed E-state index contributed by atoms with van der Waals surface area (Å²) < 4.78 is 2.12. The second-order valence-electron chi connectivity index (χ2n) is 6.98. The minimum absolute atomic E-state index is 0.238. The van der Waals surface area contributed by atoms with Gasteiger partial charge in [0.05, 0.1) is 17.8 Å². The van der Waals surface area contributed by atoms with E-state index in [1.54, 1.807) is 6.20 Å². The Kier molecular flexibility index (Phi) is 2.67. The first-order valence-electron chi connectivity index (χ1n) is 7.72. The average Bonchev–Trinajstić information content (AvgIpc) is 2.79. The van der Waals surface area contributed by atoms with E-state index in [-0.39, 0.29) is 5.91 Å². The molecule has 1 aromatic rings. The molecule has 0 aliphatic heterocycles. The van der Waals surface area contributed by atoms with Gasteiger partial charge in [0.1, 0.15) is 0 Å². The van der Waals surface area contributed by atoms with Crippen molar-refractivity contribution in [2.24, 2.45) is 29.5 Å². The molecule has 4 bridgehead atoms. The number of aromatic nitrogens is 2. The summed E-state index contributed by atoms with van der Waals surface area (Å²) in [7, 11) is 0. The van der Waals surface area contributed by atoms with Gasteiger partial charge in [0.15, 0.2) is 0 Å². The highest BCUT2D eigenvalue weighted by Crippen LogP contribution is 2.58. The van der Waals surface area contributed by atoms with Crippen LogP contribution >= 0.6 is 0 Å². The third-order valence-corrected chi connectivity index (χ3v) is 5.88. The molecule has 0 unspecified atom stereocenters. The molecule has 1 heterocycles. The lowest BCUT2D eigenvalue weighted by molar-refractivity contribution is -0.0344. The van der Waals surface area contributed by atoms with E-state index in [0.29, 0.717) is 11.6 Å². The van der Waals surface area contributed by atoms with Crippen molar-refractivity contribution < 1.29 is 4.79 Å². The van der Waals surface area contributed by atoms with Crippen LogP contribution in [0, 0.1) is 30.6 Å². The molecule has 0 aromatic carbocycles. The number of amides is 1. The van der Waals surface area contributed by atoms with Gasteiger partial charge in [-0.05, 0) is 62.7 Å². The van der Waals surface area contributed by atoms with Crippen LogP contribution in [0.4, 0.5) is 0 Å². The van der Waals surface area contributed by atoms with Crippen LogP contribution in [0.3, 0.4) is 0 Å². The molecule has 0 spiro atoms. The molecule has 4 aliphatic carbocycles. The lowest BCUT2D eigenvalue weighted by Gasteiger charge is -2.54. The Hall–Kier alpha value is -1.36. The summed E-state index contributed by atoms with van der Waals surface area (Å²) in [6.45, 7) is 1.99.